The number of aliphatic hydroxyl groups is 2. The Morgan fingerprint density at radius 3 is 2.33 bits per heavy atom. The Labute approximate surface area is 159 Å². The maximum Gasteiger partial charge on any atom is 0.258 e. The van der Waals surface area contributed by atoms with E-state index in [1.54, 1.807) is 6.92 Å². The van der Waals surface area contributed by atoms with E-state index in [-0.39, 0.29) is 17.9 Å². The van der Waals surface area contributed by atoms with Crippen molar-refractivity contribution in [1.82, 2.24) is 4.90 Å². The first-order valence-corrected chi connectivity index (χ1v) is 9.02. The van der Waals surface area contributed by atoms with E-state index in [9.17, 15) is 15.0 Å². The lowest BCUT2D eigenvalue weighted by atomic mass is 9.93. The SMILES string of the molecule is CC(/C(O)=C(/C=N)C(=O)N1CCC(O)(c2ccccc2)C1)c1ccccc1. The molecule has 5 nitrogen and oxygen atoms in total. The van der Waals surface area contributed by atoms with Gasteiger partial charge in [-0.1, -0.05) is 67.6 Å². The predicted octanol–water partition coefficient (Wildman–Crippen LogP) is 3.37. The van der Waals surface area contributed by atoms with E-state index in [4.69, 9.17) is 5.41 Å². The lowest BCUT2D eigenvalue weighted by Gasteiger charge is -2.24. The van der Waals surface area contributed by atoms with Gasteiger partial charge in [-0.2, -0.15) is 0 Å². The number of nitrogens with zero attached hydrogens (tertiary/aromatic N) is 1. The molecular formula is C22H24N2O3. The van der Waals surface area contributed by atoms with Crippen LogP contribution in [0.4, 0.5) is 0 Å². The van der Waals surface area contributed by atoms with Gasteiger partial charge in [0.05, 0.1) is 12.1 Å². The Bertz CT molecular complexity index is 848. The monoisotopic (exact) mass is 364 g/mol. The number of nitrogens with one attached hydrogen (secondary N) is 1. The number of carbonyl (C=O) groups is 1. The van der Waals surface area contributed by atoms with Crippen molar-refractivity contribution in [2.24, 2.45) is 0 Å². The molecule has 2 aromatic rings. The number of amides is 1. The van der Waals surface area contributed by atoms with Gasteiger partial charge in [0.1, 0.15) is 11.4 Å². The second-order valence-corrected chi connectivity index (χ2v) is 6.95. The molecule has 0 aromatic heterocycles. The van der Waals surface area contributed by atoms with Gasteiger partial charge in [0.25, 0.3) is 5.91 Å². The van der Waals surface area contributed by atoms with Crippen LogP contribution < -0.4 is 0 Å². The lowest BCUT2D eigenvalue weighted by Crippen LogP contribution is -2.36. The van der Waals surface area contributed by atoms with Crippen molar-refractivity contribution < 1.29 is 15.0 Å². The van der Waals surface area contributed by atoms with Crippen molar-refractivity contribution in [3.8, 4) is 0 Å². The summed E-state index contributed by atoms with van der Waals surface area (Å²) in [6, 6.07) is 18.6. The highest BCUT2D eigenvalue weighted by Crippen LogP contribution is 2.33. The maximum atomic E-state index is 12.9. The molecule has 5 heteroatoms. The van der Waals surface area contributed by atoms with E-state index in [0.29, 0.717) is 13.0 Å². The molecule has 2 aromatic carbocycles. The van der Waals surface area contributed by atoms with E-state index < -0.39 is 17.4 Å². The van der Waals surface area contributed by atoms with Crippen LogP contribution in [-0.4, -0.2) is 40.3 Å². The molecule has 1 aliphatic heterocycles. The number of benzene rings is 2. The van der Waals surface area contributed by atoms with Crippen LogP contribution in [-0.2, 0) is 10.4 Å². The number of allylic oxidation sites excluding steroid dienone is 1. The third kappa shape index (κ3) is 3.78. The van der Waals surface area contributed by atoms with Crippen molar-refractivity contribution >= 4 is 12.1 Å². The minimum Gasteiger partial charge on any atom is -0.511 e. The van der Waals surface area contributed by atoms with Crippen molar-refractivity contribution in [3.63, 3.8) is 0 Å². The van der Waals surface area contributed by atoms with Crippen LogP contribution in [0.1, 0.15) is 30.4 Å². The maximum absolute atomic E-state index is 12.9. The fourth-order valence-electron chi connectivity index (χ4n) is 3.50. The van der Waals surface area contributed by atoms with Crippen molar-refractivity contribution in [2.45, 2.75) is 24.9 Å². The van der Waals surface area contributed by atoms with E-state index in [2.05, 4.69) is 0 Å². The summed E-state index contributed by atoms with van der Waals surface area (Å²) >= 11 is 0. The molecule has 0 aliphatic carbocycles. The number of β-amino-alcohol motifs (C(OH)–C–C–N with tert-alkyl or cyclic N) is 1. The first kappa shape index (κ1) is 18.9. The lowest BCUT2D eigenvalue weighted by molar-refractivity contribution is -0.126. The molecule has 1 aliphatic rings. The minimum absolute atomic E-state index is 0.0383. The molecule has 0 spiro atoms. The fraction of sp³-hybridized carbons (Fsp3) is 0.273. The summed E-state index contributed by atoms with van der Waals surface area (Å²) in [6.07, 6.45) is 1.32. The van der Waals surface area contributed by atoms with E-state index in [1.807, 2.05) is 60.7 Å². The molecule has 2 unspecified atom stereocenters. The number of hydrogen-bond acceptors (Lipinski definition) is 4. The van der Waals surface area contributed by atoms with Crippen LogP contribution in [0.3, 0.4) is 0 Å². The number of likely N-dealkylation sites (tertiary alicyclic amines) is 1. The fourth-order valence-corrected chi connectivity index (χ4v) is 3.50. The molecule has 1 amide bonds. The van der Waals surface area contributed by atoms with Crippen LogP contribution in [0, 0.1) is 5.41 Å². The van der Waals surface area contributed by atoms with Crippen molar-refractivity contribution in [1.29, 1.82) is 5.41 Å². The molecule has 1 saturated heterocycles. The average molecular weight is 364 g/mol. The van der Waals surface area contributed by atoms with Crippen LogP contribution in [0.15, 0.2) is 72.0 Å². The van der Waals surface area contributed by atoms with Gasteiger partial charge in [-0.3, -0.25) is 4.79 Å². The highest BCUT2D eigenvalue weighted by Gasteiger charge is 2.40. The van der Waals surface area contributed by atoms with Gasteiger partial charge in [-0.25, -0.2) is 0 Å². The zero-order chi connectivity index (χ0) is 19.4. The Hall–Kier alpha value is -2.92. The average Bonchev–Trinajstić information content (AvgIpc) is 3.12. The summed E-state index contributed by atoms with van der Waals surface area (Å²) in [5.41, 5.74) is 0.487. The standard InChI is InChI=1S/C22H24N2O3/c1-16(17-8-4-2-5-9-17)20(25)19(14-23)21(26)24-13-12-22(27,15-24)18-10-6-3-7-11-18/h2-11,14,16,23,25,27H,12-13,15H2,1H3/b20-19+,23-14?. The zero-order valence-electron chi connectivity index (χ0n) is 15.3. The molecule has 3 N–H and O–H groups in total. The Morgan fingerprint density at radius 1 is 1.15 bits per heavy atom. The quantitative estimate of drug-likeness (QED) is 0.432. The smallest absolute Gasteiger partial charge is 0.258 e. The van der Waals surface area contributed by atoms with E-state index in [1.165, 1.54) is 4.90 Å². The number of hydrogen-bond donors (Lipinski definition) is 3. The molecular weight excluding hydrogens is 340 g/mol. The molecule has 1 heterocycles. The van der Waals surface area contributed by atoms with E-state index >= 15 is 0 Å². The van der Waals surface area contributed by atoms with Crippen molar-refractivity contribution in [2.75, 3.05) is 13.1 Å². The minimum atomic E-state index is -1.11. The normalized spacial score (nSPS) is 21.5. The van der Waals surface area contributed by atoms with Crippen LogP contribution in [0.5, 0.6) is 0 Å². The van der Waals surface area contributed by atoms with Gasteiger partial charge in [0.2, 0.25) is 0 Å². The summed E-state index contributed by atoms with van der Waals surface area (Å²) in [5, 5.41) is 29.2. The first-order chi connectivity index (χ1) is 13.0. The van der Waals surface area contributed by atoms with Crippen LogP contribution in [0.25, 0.3) is 0 Å². The second-order valence-electron chi connectivity index (χ2n) is 6.95. The number of rotatable bonds is 5. The summed E-state index contributed by atoms with van der Waals surface area (Å²) in [4.78, 5) is 14.4. The molecule has 27 heavy (non-hydrogen) atoms. The molecule has 0 bridgehead atoms. The molecule has 140 valence electrons. The van der Waals surface area contributed by atoms with Crippen molar-refractivity contribution in [3.05, 3.63) is 83.1 Å². The van der Waals surface area contributed by atoms with Crippen LogP contribution in [0.2, 0.25) is 0 Å². The highest BCUT2D eigenvalue weighted by atomic mass is 16.3. The number of carbonyl (C=O) groups excluding carboxylic acids is 1. The summed E-state index contributed by atoms with van der Waals surface area (Å²) < 4.78 is 0. The highest BCUT2D eigenvalue weighted by molar-refractivity contribution is 6.12. The summed E-state index contributed by atoms with van der Waals surface area (Å²) in [5.74, 6) is -0.962. The molecule has 3 rings (SSSR count). The Balaban J connectivity index is 1.82. The topological polar surface area (TPSA) is 84.6 Å². The van der Waals surface area contributed by atoms with Crippen LogP contribution >= 0.6 is 0 Å². The molecule has 0 radical (unpaired) electrons. The Morgan fingerprint density at radius 2 is 1.74 bits per heavy atom. The van der Waals surface area contributed by atoms with Gasteiger partial charge in [-0.15, -0.1) is 0 Å². The largest absolute Gasteiger partial charge is 0.511 e. The summed E-state index contributed by atoms with van der Waals surface area (Å²) in [7, 11) is 0. The van der Waals surface area contributed by atoms with Gasteiger partial charge >= 0.3 is 0 Å². The van der Waals surface area contributed by atoms with Gasteiger partial charge < -0.3 is 20.5 Å². The number of aliphatic hydroxyl groups excluding tert-OH is 1. The predicted molar refractivity (Wildman–Crippen MR) is 105 cm³/mol. The summed E-state index contributed by atoms with van der Waals surface area (Å²) in [6.45, 7) is 2.31. The molecule has 2 atom stereocenters. The van der Waals surface area contributed by atoms with Gasteiger partial charge in [0.15, 0.2) is 0 Å². The van der Waals surface area contributed by atoms with Gasteiger partial charge in [0, 0.05) is 18.7 Å². The molecule has 0 saturated carbocycles. The Kier molecular flexibility index (Phi) is 5.42. The third-order valence-electron chi connectivity index (χ3n) is 5.21. The second kappa shape index (κ2) is 7.76. The zero-order valence-corrected chi connectivity index (χ0v) is 15.3. The molecule has 1 fully saturated rings. The van der Waals surface area contributed by atoms with Gasteiger partial charge in [-0.05, 0) is 17.5 Å². The third-order valence-corrected chi connectivity index (χ3v) is 5.21. The van der Waals surface area contributed by atoms with E-state index in [0.717, 1.165) is 17.3 Å². The first-order valence-electron chi connectivity index (χ1n) is 9.02.